The highest BCUT2D eigenvalue weighted by Gasteiger charge is 2.15. The molecule has 4 nitrogen and oxygen atoms in total. The van der Waals surface area contributed by atoms with Gasteiger partial charge in [-0.2, -0.15) is 0 Å². The summed E-state index contributed by atoms with van der Waals surface area (Å²) in [5.74, 6) is 1.60. The number of hydrogen-bond donors (Lipinski definition) is 0. The Morgan fingerprint density at radius 2 is 2.28 bits per heavy atom. The molecular weight excluding hydrogens is 296 g/mol. The number of hydrogen-bond acceptors (Lipinski definition) is 4. The lowest BCUT2D eigenvalue weighted by Crippen LogP contribution is -2.00. The molecule has 5 heteroatoms. The van der Waals surface area contributed by atoms with Crippen LogP contribution < -0.4 is 4.74 Å². The van der Waals surface area contributed by atoms with Gasteiger partial charge in [0.2, 0.25) is 5.88 Å². The van der Waals surface area contributed by atoms with Gasteiger partial charge in [-0.3, -0.25) is 0 Å². The molecule has 0 spiro atoms. The molecular formula is C13H15BrN2O2. The van der Waals surface area contributed by atoms with Gasteiger partial charge in [0.1, 0.15) is 12.1 Å². The van der Waals surface area contributed by atoms with Crippen molar-refractivity contribution in [3.8, 4) is 5.88 Å². The summed E-state index contributed by atoms with van der Waals surface area (Å²) in [6.07, 6.45) is 4.90. The van der Waals surface area contributed by atoms with Crippen molar-refractivity contribution in [1.82, 2.24) is 9.97 Å². The van der Waals surface area contributed by atoms with Gasteiger partial charge in [-0.1, -0.05) is 22.9 Å². The van der Waals surface area contributed by atoms with Crippen LogP contribution in [-0.2, 0) is 12.8 Å². The molecule has 1 unspecified atom stereocenters. The van der Waals surface area contributed by atoms with Gasteiger partial charge < -0.3 is 9.15 Å². The van der Waals surface area contributed by atoms with E-state index in [0.717, 1.165) is 24.3 Å². The average Bonchev–Trinajstić information content (AvgIpc) is 2.87. The van der Waals surface area contributed by atoms with Crippen molar-refractivity contribution < 1.29 is 9.15 Å². The average molecular weight is 311 g/mol. The quantitative estimate of drug-likeness (QED) is 0.795. The highest BCUT2D eigenvalue weighted by molar-refractivity contribution is 9.09. The zero-order chi connectivity index (χ0) is 13.0. The largest absolute Gasteiger partial charge is 0.481 e. The van der Waals surface area contributed by atoms with Crippen molar-refractivity contribution in [1.29, 1.82) is 0 Å². The maximum Gasteiger partial charge on any atom is 0.216 e. The third-order valence-corrected chi connectivity index (χ3v) is 3.55. The van der Waals surface area contributed by atoms with E-state index in [1.54, 1.807) is 13.4 Å². The number of halogens is 1. The molecule has 2 heterocycles. The number of methoxy groups -OCH3 is 1. The second-order valence-corrected chi connectivity index (χ2v) is 4.98. The fourth-order valence-electron chi connectivity index (χ4n) is 1.81. The summed E-state index contributed by atoms with van der Waals surface area (Å²) in [6, 6.07) is 3.84. The molecule has 2 rings (SSSR count). The second-order valence-electron chi connectivity index (χ2n) is 3.88. The van der Waals surface area contributed by atoms with Crippen molar-refractivity contribution in [3.63, 3.8) is 0 Å². The molecule has 1 atom stereocenters. The first kappa shape index (κ1) is 13.1. The Morgan fingerprint density at radius 1 is 1.44 bits per heavy atom. The lowest BCUT2D eigenvalue weighted by Gasteiger charge is -2.09. The Balaban J connectivity index is 2.13. The van der Waals surface area contributed by atoms with Crippen LogP contribution in [0.4, 0.5) is 0 Å². The normalized spacial score (nSPS) is 12.4. The van der Waals surface area contributed by atoms with Crippen molar-refractivity contribution in [2.24, 2.45) is 0 Å². The highest BCUT2D eigenvalue weighted by atomic mass is 79.9. The third kappa shape index (κ3) is 2.90. The number of alkyl halides is 1. The van der Waals surface area contributed by atoms with E-state index in [-0.39, 0.29) is 4.83 Å². The van der Waals surface area contributed by atoms with E-state index in [4.69, 9.17) is 9.15 Å². The molecule has 0 aliphatic rings. The van der Waals surface area contributed by atoms with Crippen molar-refractivity contribution in [3.05, 3.63) is 41.7 Å². The smallest absolute Gasteiger partial charge is 0.216 e. The van der Waals surface area contributed by atoms with Gasteiger partial charge in [0.15, 0.2) is 0 Å². The Labute approximate surface area is 115 Å². The Hall–Kier alpha value is -1.36. The van der Waals surface area contributed by atoms with Gasteiger partial charge in [0, 0.05) is 35.0 Å². The van der Waals surface area contributed by atoms with Crippen LogP contribution in [0.15, 0.2) is 29.1 Å². The minimum atomic E-state index is 0.186. The number of nitrogens with zero attached hydrogens (tertiary/aromatic N) is 2. The fraction of sp³-hybridized carbons (Fsp3) is 0.385. The monoisotopic (exact) mass is 310 g/mol. The predicted octanol–water partition coefficient (Wildman–Crippen LogP) is 3.32. The fourth-order valence-corrected chi connectivity index (χ4v) is 2.55. The molecule has 0 N–H and O–H groups in total. The molecule has 0 aliphatic carbocycles. The SMILES string of the molecule is CCc1occc1C(Br)Cc1cc(OC)ncn1. The summed E-state index contributed by atoms with van der Waals surface area (Å²) in [5, 5.41) is 0. The van der Waals surface area contributed by atoms with E-state index in [1.165, 1.54) is 11.9 Å². The summed E-state index contributed by atoms with van der Waals surface area (Å²) < 4.78 is 10.5. The van der Waals surface area contributed by atoms with Crippen LogP contribution in [0.5, 0.6) is 5.88 Å². The molecule has 2 aromatic rings. The zero-order valence-corrected chi connectivity index (χ0v) is 12.0. The minimum absolute atomic E-state index is 0.186. The van der Waals surface area contributed by atoms with Crippen molar-refractivity contribution in [2.45, 2.75) is 24.6 Å². The molecule has 0 fully saturated rings. The molecule has 18 heavy (non-hydrogen) atoms. The van der Waals surface area contributed by atoms with Gasteiger partial charge in [-0.15, -0.1) is 0 Å². The molecule has 0 saturated heterocycles. The predicted molar refractivity (Wildman–Crippen MR) is 72.0 cm³/mol. The summed E-state index contributed by atoms with van der Waals surface area (Å²) in [6.45, 7) is 2.08. The molecule has 2 aromatic heterocycles. The van der Waals surface area contributed by atoms with Crippen LogP contribution in [-0.4, -0.2) is 17.1 Å². The number of furan rings is 1. The molecule has 96 valence electrons. The van der Waals surface area contributed by atoms with Gasteiger partial charge in [-0.05, 0) is 6.07 Å². The van der Waals surface area contributed by atoms with Gasteiger partial charge in [-0.25, -0.2) is 9.97 Å². The van der Waals surface area contributed by atoms with Gasteiger partial charge in [0.05, 0.1) is 13.4 Å². The number of aryl methyl sites for hydroxylation is 1. The molecule has 0 aliphatic heterocycles. The van der Waals surface area contributed by atoms with E-state index in [0.29, 0.717) is 5.88 Å². The van der Waals surface area contributed by atoms with Crippen LogP contribution in [0, 0.1) is 0 Å². The summed E-state index contributed by atoms with van der Waals surface area (Å²) in [5.41, 5.74) is 2.11. The number of rotatable bonds is 5. The molecule has 0 saturated carbocycles. The lowest BCUT2D eigenvalue weighted by atomic mass is 10.1. The Kier molecular flexibility index (Phi) is 4.36. The van der Waals surface area contributed by atoms with Crippen LogP contribution in [0.25, 0.3) is 0 Å². The zero-order valence-electron chi connectivity index (χ0n) is 10.4. The molecule has 0 aromatic carbocycles. The Morgan fingerprint density at radius 3 is 3.00 bits per heavy atom. The van der Waals surface area contributed by atoms with Gasteiger partial charge >= 0.3 is 0 Å². The Bertz CT molecular complexity index is 513. The van der Waals surface area contributed by atoms with Gasteiger partial charge in [0.25, 0.3) is 0 Å². The van der Waals surface area contributed by atoms with Crippen LogP contribution in [0.2, 0.25) is 0 Å². The maximum absolute atomic E-state index is 5.43. The second kappa shape index (κ2) is 6.00. The maximum atomic E-state index is 5.43. The van der Waals surface area contributed by atoms with Crippen LogP contribution in [0.1, 0.15) is 28.8 Å². The summed E-state index contributed by atoms with van der Waals surface area (Å²) in [7, 11) is 1.60. The topological polar surface area (TPSA) is 48.2 Å². The first-order chi connectivity index (χ1) is 8.74. The molecule has 0 bridgehead atoms. The number of ether oxygens (including phenoxy) is 1. The van der Waals surface area contributed by atoms with E-state index >= 15 is 0 Å². The van der Waals surface area contributed by atoms with E-state index in [9.17, 15) is 0 Å². The first-order valence-corrected chi connectivity index (χ1v) is 6.71. The van der Waals surface area contributed by atoms with Crippen LogP contribution >= 0.6 is 15.9 Å². The molecule has 0 radical (unpaired) electrons. The van der Waals surface area contributed by atoms with E-state index in [1.807, 2.05) is 12.1 Å². The summed E-state index contributed by atoms with van der Waals surface area (Å²) >= 11 is 3.68. The highest BCUT2D eigenvalue weighted by Crippen LogP contribution is 2.30. The third-order valence-electron chi connectivity index (χ3n) is 2.73. The summed E-state index contributed by atoms with van der Waals surface area (Å²) in [4.78, 5) is 8.42. The van der Waals surface area contributed by atoms with Crippen molar-refractivity contribution in [2.75, 3.05) is 7.11 Å². The lowest BCUT2D eigenvalue weighted by molar-refractivity contribution is 0.396. The molecule has 0 amide bonds. The van der Waals surface area contributed by atoms with E-state index in [2.05, 4.69) is 32.8 Å². The van der Waals surface area contributed by atoms with Crippen molar-refractivity contribution >= 4 is 15.9 Å². The van der Waals surface area contributed by atoms with E-state index < -0.39 is 0 Å². The number of aromatic nitrogens is 2. The minimum Gasteiger partial charge on any atom is -0.481 e. The van der Waals surface area contributed by atoms with Crippen LogP contribution in [0.3, 0.4) is 0 Å². The standard InChI is InChI=1S/C13H15BrN2O2/c1-3-12-10(4-5-18-12)11(14)6-9-7-13(17-2)16-8-15-9/h4-5,7-8,11H,3,6H2,1-2H3. The first-order valence-electron chi connectivity index (χ1n) is 5.79.